The molecule has 1 amide bonds. The van der Waals surface area contributed by atoms with Crippen LogP contribution in [0.15, 0.2) is 54.0 Å². The summed E-state index contributed by atoms with van der Waals surface area (Å²) in [6.45, 7) is 0. The van der Waals surface area contributed by atoms with E-state index in [-0.39, 0.29) is 12.3 Å². The summed E-state index contributed by atoms with van der Waals surface area (Å²) >= 11 is 7.58. The second-order valence-corrected chi connectivity index (χ2v) is 7.58. The van der Waals surface area contributed by atoms with E-state index in [0.29, 0.717) is 22.2 Å². The van der Waals surface area contributed by atoms with Crippen LogP contribution in [0.2, 0.25) is 5.02 Å². The van der Waals surface area contributed by atoms with Gasteiger partial charge in [-0.1, -0.05) is 23.7 Å². The first-order chi connectivity index (χ1) is 14.1. The number of nitrogens with zero attached hydrogens (tertiary/aromatic N) is 2. The number of hydrogen-bond acceptors (Lipinski definition) is 5. The minimum absolute atomic E-state index is 0.130. The van der Waals surface area contributed by atoms with E-state index >= 15 is 0 Å². The summed E-state index contributed by atoms with van der Waals surface area (Å²) in [4.78, 5) is 18.0. The van der Waals surface area contributed by atoms with Crippen molar-refractivity contribution in [2.24, 2.45) is 0 Å². The number of methoxy groups -OCH3 is 2. The minimum atomic E-state index is -0.130. The molecule has 0 bridgehead atoms. The maximum atomic E-state index is 12.6. The summed E-state index contributed by atoms with van der Waals surface area (Å²) in [5.74, 6) is 1.04. The molecule has 0 saturated heterocycles. The largest absolute Gasteiger partial charge is 0.493 e. The summed E-state index contributed by atoms with van der Waals surface area (Å²) in [7, 11) is 3.13. The first kappa shape index (κ1) is 19.3. The molecule has 148 valence electrons. The summed E-state index contributed by atoms with van der Waals surface area (Å²) in [5, 5.41) is 5.50. The normalized spacial score (nSPS) is 10.9. The Hall–Kier alpha value is -3.03. The molecule has 6 nitrogen and oxygen atoms in total. The number of ether oxygens (including phenoxy) is 2. The van der Waals surface area contributed by atoms with Gasteiger partial charge in [-0.3, -0.25) is 9.20 Å². The molecule has 2 aromatic carbocycles. The highest BCUT2D eigenvalue weighted by Gasteiger charge is 2.14. The van der Waals surface area contributed by atoms with E-state index in [0.717, 1.165) is 21.9 Å². The zero-order valence-corrected chi connectivity index (χ0v) is 17.4. The quantitative estimate of drug-likeness (QED) is 0.474. The highest BCUT2D eigenvalue weighted by Crippen LogP contribution is 2.30. The van der Waals surface area contributed by atoms with Gasteiger partial charge in [0.15, 0.2) is 16.5 Å². The Labute approximate surface area is 176 Å². The van der Waals surface area contributed by atoms with E-state index in [1.54, 1.807) is 32.4 Å². The Morgan fingerprint density at radius 3 is 2.76 bits per heavy atom. The maximum absolute atomic E-state index is 12.6. The number of rotatable bonds is 6. The SMILES string of the molecule is COc1ccc(NC(=O)Cc2csc3nc(-c4cccc(Cl)c4)cn23)cc1OC. The number of imidazole rings is 1. The van der Waals surface area contributed by atoms with Crippen molar-refractivity contribution < 1.29 is 14.3 Å². The summed E-state index contributed by atoms with van der Waals surface area (Å²) < 4.78 is 12.4. The number of anilines is 1. The summed E-state index contributed by atoms with van der Waals surface area (Å²) in [6.07, 6.45) is 2.15. The van der Waals surface area contributed by atoms with Crippen LogP contribution in [-0.4, -0.2) is 29.5 Å². The fourth-order valence-corrected chi connectivity index (χ4v) is 4.09. The Kier molecular flexibility index (Phi) is 5.42. The lowest BCUT2D eigenvalue weighted by atomic mass is 10.2. The number of aromatic nitrogens is 2. The van der Waals surface area contributed by atoms with E-state index in [9.17, 15) is 4.79 Å². The lowest BCUT2D eigenvalue weighted by Crippen LogP contribution is -2.15. The van der Waals surface area contributed by atoms with Gasteiger partial charge in [-0.2, -0.15) is 0 Å². The van der Waals surface area contributed by atoms with E-state index in [2.05, 4.69) is 10.3 Å². The smallest absolute Gasteiger partial charge is 0.230 e. The number of carbonyl (C=O) groups excluding carboxylic acids is 1. The van der Waals surface area contributed by atoms with E-state index in [1.165, 1.54) is 11.3 Å². The number of benzene rings is 2. The Balaban J connectivity index is 1.53. The van der Waals surface area contributed by atoms with Crippen molar-refractivity contribution in [1.82, 2.24) is 9.38 Å². The number of hydrogen-bond donors (Lipinski definition) is 1. The van der Waals surface area contributed by atoms with Gasteiger partial charge in [0.2, 0.25) is 5.91 Å². The van der Waals surface area contributed by atoms with Crippen molar-refractivity contribution in [2.45, 2.75) is 6.42 Å². The number of amides is 1. The molecule has 4 rings (SSSR count). The molecular formula is C21H18ClN3O3S. The zero-order valence-electron chi connectivity index (χ0n) is 15.8. The van der Waals surface area contributed by atoms with Crippen molar-refractivity contribution in [3.05, 3.63) is 64.8 Å². The third kappa shape index (κ3) is 4.06. The van der Waals surface area contributed by atoms with Crippen LogP contribution < -0.4 is 14.8 Å². The molecule has 2 aromatic heterocycles. The average molecular weight is 428 g/mol. The van der Waals surface area contributed by atoms with Crippen LogP contribution in [0.5, 0.6) is 11.5 Å². The predicted molar refractivity (Wildman–Crippen MR) is 115 cm³/mol. The van der Waals surface area contributed by atoms with Gasteiger partial charge in [-0.15, -0.1) is 11.3 Å². The molecular weight excluding hydrogens is 410 g/mol. The predicted octanol–water partition coefficient (Wildman–Crippen LogP) is 4.91. The molecule has 1 N–H and O–H groups in total. The molecule has 0 spiro atoms. The zero-order chi connectivity index (χ0) is 20.4. The number of carbonyl (C=O) groups is 1. The topological polar surface area (TPSA) is 64.9 Å². The van der Waals surface area contributed by atoms with Crippen LogP contribution in [0.3, 0.4) is 0 Å². The van der Waals surface area contributed by atoms with E-state index in [1.807, 2.05) is 40.2 Å². The molecule has 0 atom stereocenters. The lowest BCUT2D eigenvalue weighted by Gasteiger charge is -2.10. The third-order valence-electron chi connectivity index (χ3n) is 4.41. The molecule has 8 heteroatoms. The molecule has 0 fully saturated rings. The Morgan fingerprint density at radius 1 is 1.17 bits per heavy atom. The van der Waals surface area contributed by atoms with Crippen LogP contribution in [0, 0.1) is 0 Å². The van der Waals surface area contributed by atoms with E-state index < -0.39 is 0 Å². The van der Waals surface area contributed by atoms with Crippen molar-refractivity contribution in [3.8, 4) is 22.8 Å². The first-order valence-electron chi connectivity index (χ1n) is 8.80. The fourth-order valence-electron chi connectivity index (χ4n) is 3.03. The van der Waals surface area contributed by atoms with Crippen molar-refractivity contribution in [2.75, 3.05) is 19.5 Å². The highest BCUT2D eigenvalue weighted by molar-refractivity contribution is 7.15. The molecule has 0 unspecified atom stereocenters. The van der Waals surface area contributed by atoms with Gasteiger partial charge in [0.25, 0.3) is 0 Å². The standard InChI is InChI=1S/C21H18ClN3O3S/c1-27-18-7-6-15(9-19(18)28-2)23-20(26)10-16-12-29-21-24-17(11-25(16)21)13-4-3-5-14(22)8-13/h3-9,11-12H,10H2,1-2H3,(H,23,26). The van der Waals surface area contributed by atoms with Crippen LogP contribution >= 0.6 is 22.9 Å². The summed E-state index contributed by atoms with van der Waals surface area (Å²) in [6, 6.07) is 12.8. The minimum Gasteiger partial charge on any atom is -0.493 e. The van der Waals surface area contributed by atoms with Crippen molar-refractivity contribution >= 4 is 39.5 Å². The fraction of sp³-hybridized carbons (Fsp3) is 0.143. The molecule has 0 aliphatic heterocycles. The average Bonchev–Trinajstić information content (AvgIpc) is 3.30. The van der Waals surface area contributed by atoms with Gasteiger partial charge in [-0.05, 0) is 24.3 Å². The molecule has 0 saturated carbocycles. The monoisotopic (exact) mass is 427 g/mol. The molecule has 29 heavy (non-hydrogen) atoms. The van der Waals surface area contributed by atoms with Crippen LogP contribution in [-0.2, 0) is 11.2 Å². The van der Waals surface area contributed by atoms with Crippen LogP contribution in [0.25, 0.3) is 16.2 Å². The van der Waals surface area contributed by atoms with Crippen LogP contribution in [0.1, 0.15) is 5.69 Å². The molecule has 0 radical (unpaired) electrons. The van der Waals surface area contributed by atoms with Gasteiger partial charge in [0.1, 0.15) is 0 Å². The summed E-state index contributed by atoms with van der Waals surface area (Å²) in [5.41, 5.74) is 3.27. The number of halogens is 1. The second kappa shape index (κ2) is 8.14. The van der Waals surface area contributed by atoms with Gasteiger partial charge < -0.3 is 14.8 Å². The van der Waals surface area contributed by atoms with Crippen LogP contribution in [0.4, 0.5) is 5.69 Å². The second-order valence-electron chi connectivity index (χ2n) is 6.31. The van der Waals surface area contributed by atoms with Crippen molar-refractivity contribution in [1.29, 1.82) is 0 Å². The Morgan fingerprint density at radius 2 is 2.00 bits per heavy atom. The molecule has 0 aliphatic rings. The molecule has 4 aromatic rings. The number of nitrogens with one attached hydrogen (secondary N) is 1. The first-order valence-corrected chi connectivity index (χ1v) is 10.1. The maximum Gasteiger partial charge on any atom is 0.230 e. The van der Waals surface area contributed by atoms with Gasteiger partial charge in [0, 0.05) is 39.6 Å². The highest BCUT2D eigenvalue weighted by atomic mass is 35.5. The van der Waals surface area contributed by atoms with Gasteiger partial charge in [-0.25, -0.2) is 4.98 Å². The van der Waals surface area contributed by atoms with Gasteiger partial charge in [0.05, 0.1) is 26.3 Å². The van der Waals surface area contributed by atoms with E-state index in [4.69, 9.17) is 21.1 Å². The lowest BCUT2D eigenvalue weighted by molar-refractivity contribution is -0.115. The number of fused-ring (bicyclic) bond motifs is 1. The molecule has 0 aliphatic carbocycles. The molecule has 2 heterocycles. The Bertz CT molecular complexity index is 1190. The number of thiazole rings is 1. The van der Waals surface area contributed by atoms with Crippen molar-refractivity contribution in [3.63, 3.8) is 0 Å². The van der Waals surface area contributed by atoms with Gasteiger partial charge >= 0.3 is 0 Å². The third-order valence-corrected chi connectivity index (χ3v) is 5.54.